The molecule has 0 saturated carbocycles. The van der Waals surface area contributed by atoms with E-state index in [4.69, 9.17) is 40.7 Å². The average molecular weight is 503 g/mol. The number of nitrogens with two attached hydrogens (primary N) is 1. The molecule has 0 radical (unpaired) electrons. The van der Waals surface area contributed by atoms with Crippen molar-refractivity contribution in [2.24, 2.45) is 5.73 Å². The third-order valence-corrected chi connectivity index (χ3v) is 4.84. The number of phosphoric ester groups is 1. The van der Waals surface area contributed by atoms with Crippen molar-refractivity contribution in [2.45, 2.75) is 48.9 Å². The minimum absolute atomic E-state index is 0.248. The molecule has 0 aromatic carbocycles. The zero-order valence-electron chi connectivity index (χ0n) is 16.8. The van der Waals surface area contributed by atoms with Crippen molar-refractivity contribution >= 4 is 14.1 Å². The first-order valence-corrected chi connectivity index (χ1v) is 10.7. The number of carbonyl (C=O) groups is 1. The van der Waals surface area contributed by atoms with Crippen LogP contribution < -0.4 is 17.0 Å². The first-order chi connectivity index (χ1) is 15.2. The molecule has 2 heterocycles. The van der Waals surface area contributed by atoms with E-state index in [1.807, 2.05) is 4.98 Å². The van der Waals surface area contributed by atoms with Gasteiger partial charge in [-0.3, -0.25) is 18.9 Å². The predicted octanol–water partition coefficient (Wildman–Crippen LogP) is -6.15. The standard InChI is InChI=1S/C9H13N2O9P.C6H13NO5/c12-5-1-2-11(9(15)10-5)8-7(14)6(13)4(20-8)3-19-21(16,17)18;7-3(1-8)5(11)6(12)4(10)2-9/h1-2,4,6-8,13-14H,3H2,(H,10,12,15)(H2,16,17,18);1,3-6,9-12H,2,7H2/t4-,6-,7-,8-;3-,4+,5+,6-/m10/s1. The second kappa shape index (κ2) is 12.6. The fourth-order valence-electron chi connectivity index (χ4n) is 2.54. The Morgan fingerprint density at radius 3 is 2.30 bits per heavy atom. The number of aldehydes is 1. The second-order valence-electron chi connectivity index (χ2n) is 6.79. The van der Waals surface area contributed by atoms with E-state index in [9.17, 15) is 29.2 Å². The Bertz CT molecular complexity index is 918. The summed E-state index contributed by atoms with van der Waals surface area (Å²) >= 11 is 0. The fourth-order valence-corrected chi connectivity index (χ4v) is 2.88. The van der Waals surface area contributed by atoms with Crippen LogP contribution in [-0.2, 0) is 18.6 Å². The maximum atomic E-state index is 11.6. The van der Waals surface area contributed by atoms with Gasteiger partial charge in [-0.2, -0.15) is 0 Å². The highest BCUT2D eigenvalue weighted by atomic mass is 31.2. The summed E-state index contributed by atoms with van der Waals surface area (Å²) in [6.45, 7) is -1.39. The fraction of sp³-hybridized carbons (Fsp3) is 0.667. The number of carbonyl (C=O) groups excluding carboxylic acids is 1. The van der Waals surface area contributed by atoms with Crippen LogP contribution in [0.2, 0.25) is 0 Å². The number of rotatable bonds is 9. The largest absolute Gasteiger partial charge is 0.469 e. The maximum absolute atomic E-state index is 11.6. The summed E-state index contributed by atoms with van der Waals surface area (Å²) in [5.74, 6) is 0. The average Bonchev–Trinajstić information content (AvgIpc) is 3.04. The number of nitrogens with zero attached hydrogens (tertiary/aromatic N) is 1. The Morgan fingerprint density at radius 1 is 1.21 bits per heavy atom. The van der Waals surface area contributed by atoms with E-state index in [0.717, 1.165) is 16.8 Å². The van der Waals surface area contributed by atoms with Gasteiger partial charge in [0.25, 0.3) is 5.56 Å². The van der Waals surface area contributed by atoms with Gasteiger partial charge in [0.1, 0.15) is 42.9 Å². The number of ether oxygens (including phenoxy) is 1. The highest BCUT2D eigenvalue weighted by Gasteiger charge is 2.44. The van der Waals surface area contributed by atoms with Gasteiger partial charge in [-0.15, -0.1) is 0 Å². The van der Waals surface area contributed by atoms with Gasteiger partial charge in [0.15, 0.2) is 6.23 Å². The van der Waals surface area contributed by atoms with Gasteiger partial charge in [-0.05, 0) is 0 Å². The summed E-state index contributed by atoms with van der Waals surface area (Å²) in [7, 11) is -4.76. The van der Waals surface area contributed by atoms with E-state index in [-0.39, 0.29) is 6.29 Å². The molecule has 0 amide bonds. The van der Waals surface area contributed by atoms with Crippen LogP contribution in [0.4, 0.5) is 0 Å². The summed E-state index contributed by atoms with van der Waals surface area (Å²) in [4.78, 5) is 51.7. The molecule has 1 aliphatic heterocycles. The smallest absolute Gasteiger partial charge is 0.394 e. The van der Waals surface area contributed by atoms with E-state index < -0.39 is 81.2 Å². The molecule has 0 spiro atoms. The van der Waals surface area contributed by atoms with Crippen molar-refractivity contribution in [2.75, 3.05) is 13.2 Å². The molecule has 1 aliphatic rings. The van der Waals surface area contributed by atoms with Gasteiger partial charge in [-0.25, -0.2) is 9.36 Å². The van der Waals surface area contributed by atoms with Crippen molar-refractivity contribution in [3.63, 3.8) is 0 Å². The molecule has 33 heavy (non-hydrogen) atoms. The third kappa shape index (κ3) is 8.45. The molecule has 8 atom stereocenters. The van der Waals surface area contributed by atoms with Crippen LogP contribution in [0.15, 0.2) is 21.9 Å². The quantitative estimate of drug-likeness (QED) is 0.111. The monoisotopic (exact) mass is 503 g/mol. The molecule has 17 nitrogen and oxygen atoms in total. The van der Waals surface area contributed by atoms with Crippen molar-refractivity contribution in [3.05, 3.63) is 33.1 Å². The summed E-state index contributed by atoms with van der Waals surface area (Å²) < 4.78 is 20.8. The molecule has 1 aromatic rings. The molecule has 1 aromatic heterocycles. The number of hydrogen-bond donors (Lipinski definition) is 10. The van der Waals surface area contributed by atoms with Gasteiger partial charge in [0, 0.05) is 12.3 Å². The number of hydrogen-bond acceptors (Lipinski definition) is 13. The van der Waals surface area contributed by atoms with Crippen LogP contribution in [0, 0.1) is 0 Å². The molecule has 0 bridgehead atoms. The minimum Gasteiger partial charge on any atom is -0.394 e. The lowest BCUT2D eigenvalue weighted by Crippen LogP contribution is -2.49. The topological polar surface area (TPSA) is 295 Å². The highest BCUT2D eigenvalue weighted by Crippen LogP contribution is 2.38. The zero-order valence-corrected chi connectivity index (χ0v) is 17.7. The Labute approximate surface area is 184 Å². The van der Waals surface area contributed by atoms with Gasteiger partial charge in [0.2, 0.25) is 0 Å². The first kappa shape index (κ1) is 29.2. The molecule has 11 N–H and O–H groups in total. The van der Waals surface area contributed by atoms with E-state index in [1.165, 1.54) is 0 Å². The number of phosphoric acid groups is 1. The number of aromatic amines is 1. The van der Waals surface area contributed by atoms with Crippen molar-refractivity contribution in [1.82, 2.24) is 9.55 Å². The number of H-pyrrole nitrogens is 1. The molecule has 0 unspecified atom stereocenters. The summed E-state index contributed by atoms with van der Waals surface area (Å²) in [5.41, 5.74) is 3.53. The van der Waals surface area contributed by atoms with E-state index >= 15 is 0 Å². The van der Waals surface area contributed by atoms with Crippen molar-refractivity contribution < 1.29 is 59.0 Å². The van der Waals surface area contributed by atoms with Crippen LogP contribution >= 0.6 is 7.82 Å². The highest BCUT2D eigenvalue weighted by molar-refractivity contribution is 7.46. The van der Waals surface area contributed by atoms with E-state index in [1.54, 1.807) is 0 Å². The molecule has 18 heteroatoms. The summed E-state index contributed by atoms with van der Waals surface area (Å²) in [6, 6.07) is -0.246. The molecule has 0 aliphatic carbocycles. The normalized spacial score (nSPS) is 26.6. The SMILES string of the molecule is N[C@@H](C=O)[C@@H](O)[C@@H](O)[C@H](O)CO.O=c1ccn([C@@H]2O[C@H](COP(=O)(O)O)[C@@H](O)[C@H]2O)c(=O)[nH]1. The van der Waals surface area contributed by atoms with Gasteiger partial charge < -0.3 is 55.7 Å². The molecular formula is C15H26N3O14P. The number of aliphatic hydroxyl groups excluding tert-OH is 6. The molecule has 1 saturated heterocycles. The first-order valence-electron chi connectivity index (χ1n) is 9.12. The second-order valence-corrected chi connectivity index (χ2v) is 8.03. The molecule has 190 valence electrons. The lowest BCUT2D eigenvalue weighted by molar-refractivity contribution is -0.118. The minimum atomic E-state index is -4.76. The van der Waals surface area contributed by atoms with Crippen LogP contribution in [0.5, 0.6) is 0 Å². The molecular weight excluding hydrogens is 477 g/mol. The summed E-state index contributed by atoms with van der Waals surface area (Å²) in [6.07, 6.45) is -9.01. The van der Waals surface area contributed by atoms with E-state index in [0.29, 0.717) is 0 Å². The Hall–Kier alpha value is -1.86. The molecule has 1 fully saturated rings. The van der Waals surface area contributed by atoms with Gasteiger partial charge >= 0.3 is 13.5 Å². The number of nitrogens with one attached hydrogen (secondary N) is 1. The Kier molecular flexibility index (Phi) is 11.1. The van der Waals surface area contributed by atoms with Gasteiger partial charge in [0.05, 0.1) is 19.3 Å². The third-order valence-electron chi connectivity index (χ3n) is 4.35. The van der Waals surface area contributed by atoms with Crippen LogP contribution in [0.1, 0.15) is 6.23 Å². The number of aliphatic hydroxyl groups is 6. The van der Waals surface area contributed by atoms with Gasteiger partial charge in [-0.1, -0.05) is 0 Å². The van der Waals surface area contributed by atoms with Crippen LogP contribution in [-0.4, -0.2) is 112 Å². The predicted molar refractivity (Wildman–Crippen MR) is 104 cm³/mol. The maximum Gasteiger partial charge on any atom is 0.469 e. The van der Waals surface area contributed by atoms with E-state index in [2.05, 4.69) is 4.52 Å². The molecule has 2 rings (SSSR count). The Morgan fingerprint density at radius 2 is 1.82 bits per heavy atom. The van der Waals surface area contributed by atoms with Crippen LogP contribution in [0.3, 0.4) is 0 Å². The lowest BCUT2D eigenvalue weighted by atomic mass is 10.0. The summed E-state index contributed by atoms with van der Waals surface area (Å²) in [5, 5.41) is 54.7. The van der Waals surface area contributed by atoms with Crippen molar-refractivity contribution in [3.8, 4) is 0 Å². The lowest BCUT2D eigenvalue weighted by Gasteiger charge is -2.23. The van der Waals surface area contributed by atoms with Crippen molar-refractivity contribution in [1.29, 1.82) is 0 Å². The van der Waals surface area contributed by atoms with Crippen LogP contribution in [0.25, 0.3) is 0 Å². The number of aromatic nitrogens is 2. The Balaban J connectivity index is 0.000000389. The zero-order chi connectivity index (χ0) is 25.5.